The maximum Gasteiger partial charge on any atom is 0.316 e. The number of nitrogens with one attached hydrogen (secondary N) is 1. The average molecular weight is 229 g/mol. The Kier molecular flexibility index (Phi) is 2.70. The van der Waals surface area contributed by atoms with E-state index < -0.39 is 6.03 Å². The van der Waals surface area contributed by atoms with Gasteiger partial charge in [-0.25, -0.2) is 4.79 Å². The largest absolute Gasteiger partial charge is 0.351 e. The van der Waals surface area contributed by atoms with Gasteiger partial charge in [-0.3, -0.25) is 0 Å². The van der Waals surface area contributed by atoms with Crippen molar-refractivity contribution in [3.8, 4) is 0 Å². The van der Waals surface area contributed by atoms with E-state index in [1.54, 1.807) is 6.07 Å². The molecule has 0 unspecified atom stereocenters. The van der Waals surface area contributed by atoms with Crippen LogP contribution in [0, 0.1) is 6.92 Å². The van der Waals surface area contributed by atoms with Crippen LogP contribution in [0.4, 0.5) is 10.5 Å². The summed E-state index contributed by atoms with van der Waals surface area (Å²) < 4.78 is 0.922. The minimum atomic E-state index is -0.549. The smallest absolute Gasteiger partial charge is 0.316 e. The summed E-state index contributed by atoms with van der Waals surface area (Å²) in [7, 11) is 0. The molecule has 1 aromatic rings. The molecule has 0 heterocycles. The van der Waals surface area contributed by atoms with Crippen LogP contribution in [0.15, 0.2) is 22.7 Å². The number of carbonyl (C=O) groups excluding carboxylic acids is 1. The molecular formula is C8H9BrN2O. The van der Waals surface area contributed by atoms with Gasteiger partial charge in [0.25, 0.3) is 0 Å². The highest BCUT2D eigenvalue weighted by atomic mass is 79.9. The molecule has 2 amide bonds. The van der Waals surface area contributed by atoms with Crippen molar-refractivity contribution in [2.24, 2.45) is 5.73 Å². The number of hydrogen-bond acceptors (Lipinski definition) is 1. The number of nitrogens with two attached hydrogens (primary N) is 1. The van der Waals surface area contributed by atoms with Crippen molar-refractivity contribution in [2.75, 3.05) is 5.32 Å². The van der Waals surface area contributed by atoms with Gasteiger partial charge in [0.15, 0.2) is 0 Å². The third-order valence-electron chi connectivity index (χ3n) is 1.31. The second kappa shape index (κ2) is 3.58. The van der Waals surface area contributed by atoms with Gasteiger partial charge in [-0.15, -0.1) is 0 Å². The van der Waals surface area contributed by atoms with Crippen molar-refractivity contribution < 1.29 is 4.79 Å². The Morgan fingerprint density at radius 3 is 2.67 bits per heavy atom. The number of urea groups is 1. The molecule has 0 atom stereocenters. The van der Waals surface area contributed by atoms with Gasteiger partial charge in [-0.1, -0.05) is 15.9 Å². The molecule has 0 fully saturated rings. The number of anilines is 1. The van der Waals surface area contributed by atoms with E-state index in [4.69, 9.17) is 5.73 Å². The molecule has 0 bridgehead atoms. The zero-order chi connectivity index (χ0) is 9.14. The summed E-state index contributed by atoms with van der Waals surface area (Å²) in [5.41, 5.74) is 6.73. The topological polar surface area (TPSA) is 55.1 Å². The van der Waals surface area contributed by atoms with Gasteiger partial charge in [0, 0.05) is 10.2 Å². The zero-order valence-corrected chi connectivity index (χ0v) is 8.18. The number of aryl methyl sites for hydroxylation is 1. The van der Waals surface area contributed by atoms with Gasteiger partial charge in [-0.2, -0.15) is 0 Å². The van der Waals surface area contributed by atoms with Gasteiger partial charge in [0.1, 0.15) is 0 Å². The molecule has 64 valence electrons. The Morgan fingerprint density at radius 1 is 1.50 bits per heavy atom. The first-order valence-electron chi connectivity index (χ1n) is 3.41. The Balaban J connectivity index is 2.93. The van der Waals surface area contributed by atoms with Crippen LogP contribution in [0.5, 0.6) is 0 Å². The molecule has 3 N–H and O–H groups in total. The summed E-state index contributed by atoms with van der Waals surface area (Å²) in [5.74, 6) is 0. The van der Waals surface area contributed by atoms with Gasteiger partial charge in [-0.05, 0) is 30.7 Å². The fourth-order valence-corrected chi connectivity index (χ4v) is 1.56. The highest BCUT2D eigenvalue weighted by Crippen LogP contribution is 2.18. The van der Waals surface area contributed by atoms with Crippen LogP contribution < -0.4 is 11.1 Å². The fraction of sp³-hybridized carbons (Fsp3) is 0.125. The third kappa shape index (κ3) is 2.54. The van der Waals surface area contributed by atoms with Crippen LogP contribution in [0.1, 0.15) is 5.56 Å². The lowest BCUT2D eigenvalue weighted by atomic mass is 10.2. The summed E-state index contributed by atoms with van der Waals surface area (Å²) in [4.78, 5) is 10.5. The van der Waals surface area contributed by atoms with Crippen molar-refractivity contribution >= 4 is 27.6 Å². The number of hydrogen-bond donors (Lipinski definition) is 2. The zero-order valence-electron chi connectivity index (χ0n) is 6.60. The molecule has 1 rings (SSSR count). The van der Waals surface area contributed by atoms with Gasteiger partial charge in [0.2, 0.25) is 0 Å². The normalized spacial score (nSPS) is 9.50. The molecule has 0 aromatic heterocycles. The number of amides is 2. The van der Waals surface area contributed by atoms with E-state index in [0.717, 1.165) is 10.0 Å². The molecule has 0 aliphatic rings. The monoisotopic (exact) mass is 228 g/mol. The van der Waals surface area contributed by atoms with Crippen molar-refractivity contribution in [1.82, 2.24) is 0 Å². The first-order valence-corrected chi connectivity index (χ1v) is 4.21. The average Bonchev–Trinajstić information content (AvgIpc) is 1.81. The van der Waals surface area contributed by atoms with E-state index in [0.29, 0.717) is 5.69 Å². The van der Waals surface area contributed by atoms with Crippen LogP contribution in [0.25, 0.3) is 0 Å². The maximum absolute atomic E-state index is 10.5. The maximum atomic E-state index is 10.5. The third-order valence-corrected chi connectivity index (χ3v) is 1.77. The van der Waals surface area contributed by atoms with Gasteiger partial charge >= 0.3 is 6.03 Å². The Bertz CT molecular complexity index is 292. The molecule has 0 radical (unpaired) electrons. The molecule has 0 spiro atoms. The Morgan fingerprint density at radius 2 is 2.17 bits per heavy atom. The number of carbonyl (C=O) groups is 1. The van der Waals surface area contributed by atoms with E-state index >= 15 is 0 Å². The van der Waals surface area contributed by atoms with E-state index in [1.165, 1.54) is 0 Å². The molecule has 0 aliphatic carbocycles. The van der Waals surface area contributed by atoms with Crippen LogP contribution >= 0.6 is 15.9 Å². The number of rotatable bonds is 1. The minimum absolute atomic E-state index is 0.549. The van der Waals surface area contributed by atoms with Crippen LogP contribution in [-0.4, -0.2) is 6.03 Å². The van der Waals surface area contributed by atoms with Crippen LogP contribution in [-0.2, 0) is 0 Å². The summed E-state index contributed by atoms with van der Waals surface area (Å²) in [6.45, 7) is 1.94. The van der Waals surface area contributed by atoms with Gasteiger partial charge < -0.3 is 11.1 Å². The predicted molar refractivity (Wildman–Crippen MR) is 52.1 cm³/mol. The number of halogens is 1. The predicted octanol–water partition coefficient (Wildman–Crippen LogP) is 2.25. The lowest BCUT2D eigenvalue weighted by Gasteiger charge is -2.03. The highest BCUT2D eigenvalue weighted by molar-refractivity contribution is 9.10. The molecule has 0 saturated carbocycles. The molecule has 4 heteroatoms. The van der Waals surface area contributed by atoms with Crippen LogP contribution in [0.3, 0.4) is 0 Å². The molecule has 0 aliphatic heterocycles. The quantitative estimate of drug-likeness (QED) is 0.762. The summed E-state index contributed by atoms with van der Waals surface area (Å²) >= 11 is 3.31. The van der Waals surface area contributed by atoms with Crippen molar-refractivity contribution in [1.29, 1.82) is 0 Å². The van der Waals surface area contributed by atoms with Crippen molar-refractivity contribution in [3.63, 3.8) is 0 Å². The molecule has 1 aromatic carbocycles. The summed E-state index contributed by atoms with van der Waals surface area (Å²) in [6, 6.07) is 5.03. The lowest BCUT2D eigenvalue weighted by Crippen LogP contribution is -2.19. The summed E-state index contributed by atoms with van der Waals surface area (Å²) in [6.07, 6.45) is 0. The number of benzene rings is 1. The standard InChI is InChI=1S/C8H9BrN2O/c1-5-2-6(9)4-7(3-5)11-8(10)12/h2-4H,1H3,(H3,10,11,12). The first kappa shape index (κ1) is 9.06. The van der Waals surface area contributed by atoms with Crippen LogP contribution in [0.2, 0.25) is 0 Å². The first-order chi connectivity index (χ1) is 5.58. The second-order valence-electron chi connectivity index (χ2n) is 2.51. The van der Waals surface area contributed by atoms with E-state index in [2.05, 4.69) is 21.2 Å². The van der Waals surface area contributed by atoms with Crippen molar-refractivity contribution in [2.45, 2.75) is 6.92 Å². The minimum Gasteiger partial charge on any atom is -0.351 e. The molecular weight excluding hydrogens is 220 g/mol. The molecule has 3 nitrogen and oxygen atoms in total. The fourth-order valence-electron chi connectivity index (χ4n) is 0.951. The van der Waals surface area contributed by atoms with Crippen molar-refractivity contribution in [3.05, 3.63) is 28.2 Å². The number of primary amides is 1. The Labute approximate surface area is 79.1 Å². The Hall–Kier alpha value is -1.03. The highest BCUT2D eigenvalue weighted by Gasteiger charge is 1.97. The van der Waals surface area contributed by atoms with E-state index in [-0.39, 0.29) is 0 Å². The van der Waals surface area contributed by atoms with Gasteiger partial charge in [0.05, 0.1) is 0 Å². The SMILES string of the molecule is Cc1cc(Br)cc(NC(N)=O)c1. The molecule has 0 saturated heterocycles. The van der Waals surface area contributed by atoms with E-state index in [9.17, 15) is 4.79 Å². The van der Waals surface area contributed by atoms with E-state index in [1.807, 2.05) is 19.1 Å². The summed E-state index contributed by atoms with van der Waals surface area (Å²) in [5, 5.41) is 2.50. The lowest BCUT2D eigenvalue weighted by molar-refractivity contribution is 0.259. The second-order valence-corrected chi connectivity index (χ2v) is 3.42. The molecule has 12 heavy (non-hydrogen) atoms.